The van der Waals surface area contributed by atoms with Gasteiger partial charge in [-0.25, -0.2) is 4.39 Å². The second-order valence-corrected chi connectivity index (χ2v) is 5.97. The van der Waals surface area contributed by atoms with E-state index in [1.165, 1.54) is 23.9 Å². The largest absolute Gasteiger partial charge is 0.217 e. The second-order valence-electron chi connectivity index (χ2n) is 4.93. The van der Waals surface area contributed by atoms with Crippen molar-refractivity contribution in [1.29, 1.82) is 0 Å². The maximum absolute atomic E-state index is 13.0. The molecule has 0 radical (unpaired) electrons. The van der Waals surface area contributed by atoms with Gasteiger partial charge in [-0.3, -0.25) is 0 Å². The third kappa shape index (κ3) is 2.80. The van der Waals surface area contributed by atoms with Crippen LogP contribution in [0.15, 0.2) is 69.8 Å². The molecule has 6 heteroatoms. The van der Waals surface area contributed by atoms with Gasteiger partial charge in [0.1, 0.15) is 5.82 Å². The number of halogens is 1. The van der Waals surface area contributed by atoms with E-state index in [1.807, 2.05) is 36.4 Å². The number of hydrogen-bond acceptors (Lipinski definition) is 4. The summed E-state index contributed by atoms with van der Waals surface area (Å²) in [6.07, 6.45) is 3.82. The van der Waals surface area contributed by atoms with E-state index in [9.17, 15) is 4.39 Å². The summed E-state index contributed by atoms with van der Waals surface area (Å²) in [5, 5.41) is 13.4. The van der Waals surface area contributed by atoms with Gasteiger partial charge >= 0.3 is 0 Å². The Morgan fingerprint density at radius 1 is 0.957 bits per heavy atom. The van der Waals surface area contributed by atoms with Crippen molar-refractivity contribution in [3.8, 4) is 11.4 Å². The van der Waals surface area contributed by atoms with Gasteiger partial charge in [0.05, 0.1) is 6.21 Å². The van der Waals surface area contributed by atoms with Crippen LogP contribution in [0.4, 0.5) is 4.39 Å². The van der Waals surface area contributed by atoms with E-state index in [1.54, 1.807) is 23.0 Å². The zero-order valence-corrected chi connectivity index (χ0v) is 12.7. The minimum Gasteiger partial charge on any atom is -0.207 e. The minimum atomic E-state index is -0.280. The van der Waals surface area contributed by atoms with Crippen LogP contribution in [0, 0.1) is 5.82 Å². The summed E-state index contributed by atoms with van der Waals surface area (Å²) < 4.78 is 14.7. The van der Waals surface area contributed by atoms with Gasteiger partial charge < -0.3 is 0 Å². The maximum Gasteiger partial charge on any atom is 0.217 e. The van der Waals surface area contributed by atoms with Crippen LogP contribution in [0.2, 0.25) is 0 Å². The molecule has 4 nitrogen and oxygen atoms in total. The van der Waals surface area contributed by atoms with Gasteiger partial charge in [-0.2, -0.15) is 9.78 Å². The van der Waals surface area contributed by atoms with E-state index < -0.39 is 0 Å². The smallest absolute Gasteiger partial charge is 0.207 e. The Bertz CT molecular complexity index is 898. The molecule has 0 saturated heterocycles. The lowest BCUT2D eigenvalue weighted by molar-refractivity contribution is 0.628. The second kappa shape index (κ2) is 5.81. The van der Waals surface area contributed by atoms with Crippen LogP contribution in [-0.2, 0) is 0 Å². The molecule has 0 unspecified atom stereocenters. The Hall–Kier alpha value is -2.73. The van der Waals surface area contributed by atoms with E-state index >= 15 is 0 Å². The molecule has 23 heavy (non-hydrogen) atoms. The van der Waals surface area contributed by atoms with E-state index in [-0.39, 0.29) is 5.82 Å². The predicted molar refractivity (Wildman–Crippen MR) is 89.6 cm³/mol. The highest BCUT2D eigenvalue weighted by atomic mass is 32.2. The molecule has 2 heterocycles. The zero-order valence-electron chi connectivity index (χ0n) is 11.9. The summed E-state index contributed by atoms with van der Waals surface area (Å²) in [5.74, 6) is 0.320. The first kappa shape index (κ1) is 13.9. The Morgan fingerprint density at radius 3 is 2.52 bits per heavy atom. The van der Waals surface area contributed by atoms with Crippen molar-refractivity contribution in [2.45, 2.75) is 5.16 Å². The van der Waals surface area contributed by atoms with Gasteiger partial charge in [-0.15, -0.1) is 10.2 Å². The van der Waals surface area contributed by atoms with Gasteiger partial charge in [0.15, 0.2) is 5.82 Å². The van der Waals surface area contributed by atoms with Crippen molar-refractivity contribution >= 4 is 24.1 Å². The molecule has 0 amide bonds. The lowest BCUT2D eigenvalue weighted by Gasteiger charge is -2.09. The fraction of sp³-hybridized carbons (Fsp3) is 0. The number of benzene rings is 2. The molecular weight excluding hydrogens is 311 g/mol. The van der Waals surface area contributed by atoms with E-state index in [4.69, 9.17) is 0 Å². The molecule has 0 spiro atoms. The number of allylic oxidation sites excluding steroid dienone is 1. The van der Waals surface area contributed by atoms with Crippen LogP contribution in [0.25, 0.3) is 17.5 Å². The van der Waals surface area contributed by atoms with Gasteiger partial charge in [-0.05, 0) is 47.7 Å². The van der Waals surface area contributed by atoms with Crippen molar-refractivity contribution in [1.82, 2.24) is 14.9 Å². The molecule has 4 rings (SSSR count). The highest BCUT2D eigenvalue weighted by molar-refractivity contribution is 8.04. The number of aromatic nitrogens is 3. The molecule has 2 aromatic carbocycles. The molecule has 3 aromatic rings. The molecule has 1 aliphatic rings. The summed E-state index contributed by atoms with van der Waals surface area (Å²) in [5.41, 5.74) is 1.88. The molecule has 0 bridgehead atoms. The van der Waals surface area contributed by atoms with Gasteiger partial charge in [0, 0.05) is 10.5 Å². The topological polar surface area (TPSA) is 43.1 Å². The van der Waals surface area contributed by atoms with Crippen molar-refractivity contribution < 1.29 is 4.39 Å². The van der Waals surface area contributed by atoms with Crippen molar-refractivity contribution in [3.63, 3.8) is 0 Å². The third-order valence-corrected chi connectivity index (χ3v) is 4.23. The zero-order chi connectivity index (χ0) is 15.6. The maximum atomic E-state index is 13.0. The molecule has 0 saturated carbocycles. The third-order valence-electron chi connectivity index (χ3n) is 3.33. The Labute approximate surface area is 136 Å². The Morgan fingerprint density at radius 2 is 1.74 bits per heavy atom. The first-order valence-electron chi connectivity index (χ1n) is 7.00. The summed E-state index contributed by atoms with van der Waals surface area (Å²) in [6, 6.07) is 16.2. The molecule has 1 aromatic heterocycles. The quantitative estimate of drug-likeness (QED) is 0.714. The van der Waals surface area contributed by atoms with Crippen molar-refractivity contribution in [3.05, 3.63) is 70.9 Å². The van der Waals surface area contributed by atoms with Crippen LogP contribution >= 0.6 is 11.8 Å². The first-order valence-corrected chi connectivity index (χ1v) is 7.81. The average Bonchev–Trinajstić information content (AvgIpc) is 3.00. The number of fused-ring (bicyclic) bond motifs is 1. The molecular formula is C17H11FN4S. The van der Waals surface area contributed by atoms with Crippen molar-refractivity contribution in [2.24, 2.45) is 5.10 Å². The predicted octanol–water partition coefficient (Wildman–Crippen LogP) is 4.06. The monoisotopic (exact) mass is 322 g/mol. The Kier molecular flexibility index (Phi) is 3.51. The van der Waals surface area contributed by atoms with E-state index in [0.29, 0.717) is 11.0 Å². The van der Waals surface area contributed by atoms with Gasteiger partial charge in [-0.1, -0.05) is 30.3 Å². The highest BCUT2D eigenvalue weighted by Crippen LogP contribution is 2.32. The average molecular weight is 322 g/mol. The number of nitrogens with zero attached hydrogens (tertiary/aromatic N) is 4. The molecule has 0 aliphatic carbocycles. The number of rotatable bonds is 2. The van der Waals surface area contributed by atoms with Crippen LogP contribution in [0.5, 0.6) is 0 Å². The first-order chi connectivity index (χ1) is 11.3. The molecule has 0 N–H and O–H groups in total. The SMILES string of the molecule is Fc1ccc(-c2nnc3n2N=C/C(=C/c2ccccc2)S3)cc1. The number of thioether (sulfide) groups is 1. The lowest BCUT2D eigenvalue weighted by atomic mass is 10.2. The summed E-state index contributed by atoms with van der Waals surface area (Å²) in [4.78, 5) is 0.988. The standard InChI is InChI=1S/C17H11FN4S/c18-14-8-6-13(7-9-14)16-20-21-17-22(16)19-11-15(23-17)10-12-4-2-1-3-5-12/h1-11H/b15-10-. The molecule has 0 fully saturated rings. The fourth-order valence-electron chi connectivity index (χ4n) is 2.24. The molecule has 1 aliphatic heterocycles. The van der Waals surface area contributed by atoms with Gasteiger partial charge in [0.2, 0.25) is 5.16 Å². The molecule has 112 valence electrons. The highest BCUT2D eigenvalue weighted by Gasteiger charge is 2.18. The summed E-state index contributed by atoms with van der Waals surface area (Å²) in [6.45, 7) is 0. The lowest BCUT2D eigenvalue weighted by Crippen LogP contribution is -2.01. The molecule has 0 atom stereocenters. The summed E-state index contributed by atoms with van der Waals surface area (Å²) in [7, 11) is 0. The number of hydrogen-bond donors (Lipinski definition) is 0. The van der Waals surface area contributed by atoms with Crippen LogP contribution < -0.4 is 0 Å². The van der Waals surface area contributed by atoms with Crippen LogP contribution in [-0.4, -0.2) is 21.1 Å². The van der Waals surface area contributed by atoms with Crippen LogP contribution in [0.1, 0.15) is 5.56 Å². The van der Waals surface area contributed by atoms with Gasteiger partial charge in [0.25, 0.3) is 0 Å². The van der Waals surface area contributed by atoms with Crippen LogP contribution in [0.3, 0.4) is 0 Å². The summed E-state index contributed by atoms with van der Waals surface area (Å²) >= 11 is 1.50. The van der Waals surface area contributed by atoms with Crippen molar-refractivity contribution in [2.75, 3.05) is 0 Å². The van der Waals surface area contributed by atoms with E-state index in [0.717, 1.165) is 16.0 Å². The van der Waals surface area contributed by atoms with E-state index in [2.05, 4.69) is 15.3 Å². The normalized spacial score (nSPS) is 14.9. The Balaban J connectivity index is 1.66. The minimum absolute atomic E-state index is 0.280. The fourth-order valence-corrected chi connectivity index (χ4v) is 3.05.